The monoisotopic (exact) mass is 718 g/mol. The maximum atomic E-state index is 6.53. The number of hydrogen-bond donors (Lipinski definition) is 0. The number of furan rings is 1. The van der Waals surface area contributed by atoms with E-state index in [1.807, 2.05) is 0 Å². The Morgan fingerprint density at radius 3 is 1.62 bits per heavy atom. The van der Waals surface area contributed by atoms with E-state index >= 15 is 0 Å². The zero-order chi connectivity index (χ0) is 37.4. The molecule has 1 heterocycles. The van der Waals surface area contributed by atoms with Gasteiger partial charge in [-0.1, -0.05) is 133 Å². The SMILES string of the molecule is Cc1cccc2oc3cc(N(c4ccc(N(c5ccccc5)c5ccc(-c6ccccc6)cc5)cc4)c4ccc5ccccc5c4-c4ccccc4)ccc3c12. The molecule has 0 aliphatic carbocycles. The number of anilines is 6. The summed E-state index contributed by atoms with van der Waals surface area (Å²) in [5.74, 6) is 0. The van der Waals surface area contributed by atoms with Crippen LogP contribution >= 0.6 is 0 Å². The molecule has 0 unspecified atom stereocenters. The fourth-order valence-corrected chi connectivity index (χ4v) is 8.12. The van der Waals surface area contributed by atoms with Crippen molar-refractivity contribution in [3.05, 3.63) is 218 Å². The molecule has 1 aromatic heterocycles. The summed E-state index contributed by atoms with van der Waals surface area (Å²) in [7, 11) is 0. The van der Waals surface area contributed by atoms with Crippen LogP contribution in [0, 0.1) is 6.92 Å². The van der Waals surface area contributed by atoms with Gasteiger partial charge in [-0.3, -0.25) is 0 Å². The second-order valence-electron chi connectivity index (χ2n) is 14.2. The molecule has 10 rings (SSSR count). The average molecular weight is 719 g/mol. The van der Waals surface area contributed by atoms with Crippen LogP contribution in [0.2, 0.25) is 0 Å². The Labute approximate surface area is 326 Å². The zero-order valence-corrected chi connectivity index (χ0v) is 31.0. The van der Waals surface area contributed by atoms with Crippen molar-refractivity contribution in [1.82, 2.24) is 0 Å². The molecule has 0 N–H and O–H groups in total. The van der Waals surface area contributed by atoms with Crippen molar-refractivity contribution in [2.75, 3.05) is 9.80 Å². The molecule has 0 aliphatic heterocycles. The minimum absolute atomic E-state index is 0.865. The second kappa shape index (κ2) is 14.1. The van der Waals surface area contributed by atoms with Gasteiger partial charge in [0.15, 0.2) is 0 Å². The van der Waals surface area contributed by atoms with Gasteiger partial charge in [0.2, 0.25) is 0 Å². The Morgan fingerprint density at radius 2 is 0.911 bits per heavy atom. The molecule has 56 heavy (non-hydrogen) atoms. The van der Waals surface area contributed by atoms with Crippen LogP contribution in [-0.2, 0) is 0 Å². The molecule has 0 bridgehead atoms. The molecule has 0 fully saturated rings. The van der Waals surface area contributed by atoms with Gasteiger partial charge in [0.05, 0.1) is 5.69 Å². The fraction of sp³-hybridized carbons (Fsp3) is 0.0189. The quantitative estimate of drug-likeness (QED) is 0.156. The van der Waals surface area contributed by atoms with Crippen LogP contribution in [-0.4, -0.2) is 0 Å². The maximum Gasteiger partial charge on any atom is 0.137 e. The molecular formula is C53H38N2O. The largest absolute Gasteiger partial charge is 0.456 e. The Kier molecular flexibility index (Phi) is 8.38. The van der Waals surface area contributed by atoms with Crippen LogP contribution in [0.4, 0.5) is 34.1 Å². The van der Waals surface area contributed by atoms with Crippen LogP contribution in [0.15, 0.2) is 217 Å². The highest BCUT2D eigenvalue weighted by atomic mass is 16.3. The first-order valence-corrected chi connectivity index (χ1v) is 19.1. The van der Waals surface area contributed by atoms with Gasteiger partial charge in [0, 0.05) is 50.8 Å². The topological polar surface area (TPSA) is 19.6 Å². The van der Waals surface area contributed by atoms with E-state index in [0.717, 1.165) is 56.2 Å². The summed E-state index contributed by atoms with van der Waals surface area (Å²) in [5, 5.41) is 4.69. The summed E-state index contributed by atoms with van der Waals surface area (Å²) in [6, 6.07) is 75.7. The highest BCUT2D eigenvalue weighted by molar-refractivity contribution is 6.09. The van der Waals surface area contributed by atoms with E-state index in [2.05, 4.69) is 229 Å². The minimum atomic E-state index is 0.865. The van der Waals surface area contributed by atoms with Gasteiger partial charge in [0.1, 0.15) is 11.2 Å². The van der Waals surface area contributed by atoms with Gasteiger partial charge in [0.25, 0.3) is 0 Å². The summed E-state index contributed by atoms with van der Waals surface area (Å²) >= 11 is 0. The lowest BCUT2D eigenvalue weighted by molar-refractivity contribution is 0.669. The zero-order valence-electron chi connectivity index (χ0n) is 31.0. The van der Waals surface area contributed by atoms with E-state index in [1.165, 1.54) is 38.4 Å². The van der Waals surface area contributed by atoms with E-state index in [-0.39, 0.29) is 0 Å². The normalized spacial score (nSPS) is 11.3. The van der Waals surface area contributed by atoms with Crippen LogP contribution in [0.25, 0.3) is 55.0 Å². The fourth-order valence-electron chi connectivity index (χ4n) is 8.12. The van der Waals surface area contributed by atoms with E-state index in [0.29, 0.717) is 0 Å². The summed E-state index contributed by atoms with van der Waals surface area (Å²) < 4.78 is 6.53. The highest BCUT2D eigenvalue weighted by Crippen LogP contribution is 2.46. The van der Waals surface area contributed by atoms with E-state index in [9.17, 15) is 0 Å². The van der Waals surface area contributed by atoms with Crippen molar-refractivity contribution in [2.24, 2.45) is 0 Å². The van der Waals surface area contributed by atoms with Crippen molar-refractivity contribution in [3.63, 3.8) is 0 Å². The molecule has 10 aromatic rings. The lowest BCUT2D eigenvalue weighted by atomic mass is 9.95. The van der Waals surface area contributed by atoms with Crippen molar-refractivity contribution in [1.29, 1.82) is 0 Å². The molecule has 0 spiro atoms. The molecule has 3 nitrogen and oxygen atoms in total. The number of fused-ring (bicyclic) bond motifs is 4. The first-order valence-electron chi connectivity index (χ1n) is 19.1. The summed E-state index contributed by atoms with van der Waals surface area (Å²) in [5.41, 5.74) is 14.1. The molecule has 0 aliphatic rings. The number of nitrogens with zero attached hydrogens (tertiary/aromatic N) is 2. The van der Waals surface area contributed by atoms with Gasteiger partial charge in [-0.2, -0.15) is 0 Å². The van der Waals surface area contributed by atoms with Crippen molar-refractivity contribution in [3.8, 4) is 22.3 Å². The smallest absolute Gasteiger partial charge is 0.137 e. The van der Waals surface area contributed by atoms with Crippen molar-refractivity contribution < 1.29 is 4.42 Å². The first kappa shape index (κ1) is 33.2. The minimum Gasteiger partial charge on any atom is -0.456 e. The summed E-state index contributed by atoms with van der Waals surface area (Å²) in [4.78, 5) is 4.69. The molecule has 9 aromatic carbocycles. The number of aryl methyl sites for hydroxylation is 1. The summed E-state index contributed by atoms with van der Waals surface area (Å²) in [6.07, 6.45) is 0. The predicted molar refractivity (Wildman–Crippen MR) is 236 cm³/mol. The number of hydrogen-bond acceptors (Lipinski definition) is 3. The van der Waals surface area contributed by atoms with Crippen LogP contribution in [0.3, 0.4) is 0 Å². The van der Waals surface area contributed by atoms with Crippen LogP contribution in [0.1, 0.15) is 5.56 Å². The third kappa shape index (κ3) is 5.96. The molecule has 0 radical (unpaired) electrons. The Balaban J connectivity index is 1.14. The highest BCUT2D eigenvalue weighted by Gasteiger charge is 2.22. The van der Waals surface area contributed by atoms with Gasteiger partial charge in [-0.05, 0) is 113 Å². The molecule has 0 atom stereocenters. The first-order chi connectivity index (χ1) is 27.7. The average Bonchev–Trinajstić information content (AvgIpc) is 3.65. The van der Waals surface area contributed by atoms with E-state index in [1.54, 1.807) is 0 Å². The summed E-state index contributed by atoms with van der Waals surface area (Å²) in [6.45, 7) is 2.15. The number of rotatable bonds is 8. The Bertz CT molecular complexity index is 2950. The molecule has 3 heteroatoms. The third-order valence-corrected chi connectivity index (χ3v) is 10.8. The lowest BCUT2D eigenvalue weighted by Gasteiger charge is -2.30. The van der Waals surface area contributed by atoms with Crippen LogP contribution < -0.4 is 9.80 Å². The predicted octanol–water partition coefficient (Wildman–Crippen LogP) is 15.3. The molecular weight excluding hydrogens is 681 g/mol. The maximum absolute atomic E-state index is 6.53. The van der Waals surface area contributed by atoms with E-state index in [4.69, 9.17) is 4.42 Å². The molecule has 0 saturated heterocycles. The lowest BCUT2D eigenvalue weighted by Crippen LogP contribution is -2.13. The standard InChI is InChI=1S/C53H38N2O/c1-37-14-13-23-50-52(37)48-34-33-46(36-51(48)56-50)55(49-35-26-40-17-11-12-22-47(40)53(49)41-18-7-3-8-19-41)45-31-29-44(30-32-45)54(42-20-9-4-10-21-42)43-27-24-39(25-28-43)38-15-5-2-6-16-38/h2-36H,1H3. The third-order valence-electron chi connectivity index (χ3n) is 10.8. The van der Waals surface area contributed by atoms with E-state index < -0.39 is 0 Å². The number of benzene rings is 9. The van der Waals surface area contributed by atoms with Gasteiger partial charge >= 0.3 is 0 Å². The molecule has 0 amide bonds. The molecule has 266 valence electrons. The second-order valence-corrected chi connectivity index (χ2v) is 14.2. The van der Waals surface area contributed by atoms with Gasteiger partial charge in [-0.15, -0.1) is 0 Å². The van der Waals surface area contributed by atoms with Crippen molar-refractivity contribution in [2.45, 2.75) is 6.92 Å². The van der Waals surface area contributed by atoms with Crippen molar-refractivity contribution >= 4 is 66.8 Å². The van der Waals surface area contributed by atoms with Gasteiger partial charge in [-0.25, -0.2) is 0 Å². The molecule has 0 saturated carbocycles. The Hall–Kier alpha value is -7.36. The number of para-hydroxylation sites is 1. The van der Waals surface area contributed by atoms with Gasteiger partial charge < -0.3 is 14.2 Å². The Morgan fingerprint density at radius 1 is 0.357 bits per heavy atom. The van der Waals surface area contributed by atoms with Crippen LogP contribution in [0.5, 0.6) is 0 Å².